The first-order valence-corrected chi connectivity index (χ1v) is 8.07. The Balaban J connectivity index is 2.09. The monoisotopic (exact) mass is 332 g/mol. The number of nitrogens with one attached hydrogen (secondary N) is 1. The Morgan fingerprint density at radius 2 is 1.96 bits per heavy atom. The van der Waals surface area contributed by atoms with E-state index in [1.165, 1.54) is 14.2 Å². The normalized spacial score (nSPS) is 11.8. The summed E-state index contributed by atoms with van der Waals surface area (Å²) in [6.45, 7) is 4.37. The summed E-state index contributed by atoms with van der Waals surface area (Å²) in [5.41, 5.74) is 1.15. The molecule has 0 aliphatic rings. The number of methoxy groups -OCH3 is 2. The summed E-state index contributed by atoms with van der Waals surface area (Å²) in [6.07, 6.45) is 3.00. The number of ether oxygens (including phenoxy) is 2. The molecule has 0 aliphatic heterocycles. The highest BCUT2D eigenvalue weighted by Gasteiger charge is 2.19. The molecule has 0 aliphatic carbocycles. The van der Waals surface area contributed by atoms with Gasteiger partial charge < -0.3 is 14.0 Å². The van der Waals surface area contributed by atoms with E-state index in [9.17, 15) is 4.79 Å². The first kappa shape index (κ1) is 17.8. The highest BCUT2D eigenvalue weighted by Crippen LogP contribution is 2.29. The molecule has 1 aromatic carbocycles. The molecule has 0 radical (unpaired) electrons. The van der Waals surface area contributed by atoms with E-state index in [1.54, 1.807) is 24.3 Å². The van der Waals surface area contributed by atoms with Crippen molar-refractivity contribution in [2.45, 2.75) is 33.1 Å². The van der Waals surface area contributed by atoms with Crippen LogP contribution in [-0.4, -0.2) is 25.3 Å². The smallest absolute Gasteiger partial charge is 0.265 e. The summed E-state index contributed by atoms with van der Waals surface area (Å²) in [6, 6.07) is 6.92. The average Bonchev–Trinajstić information content (AvgIpc) is 3.05. The van der Waals surface area contributed by atoms with E-state index >= 15 is 0 Å². The molecule has 1 atom stereocenters. The molecule has 0 saturated carbocycles. The lowest BCUT2D eigenvalue weighted by Gasteiger charge is -2.11. The number of aryl methyl sites for hydroxylation is 1. The van der Waals surface area contributed by atoms with Gasteiger partial charge in [0.2, 0.25) is 5.88 Å². The number of carbonyl (C=O) groups excluding carboxylic acids is 1. The maximum atomic E-state index is 12.5. The van der Waals surface area contributed by atoms with Gasteiger partial charge in [-0.15, -0.1) is 0 Å². The lowest BCUT2D eigenvalue weighted by molar-refractivity contribution is 0.101. The van der Waals surface area contributed by atoms with Gasteiger partial charge in [-0.05, 0) is 30.9 Å². The van der Waals surface area contributed by atoms with Gasteiger partial charge in [0, 0.05) is 6.07 Å². The molecule has 1 heterocycles. The standard InChI is InChI=1S/C18H24N2O4/c1-5-12(2)9-10-13-11-16(24-20-13)19-18(21)17-14(22-3)7-6-8-15(17)23-4/h6-8,11-12H,5,9-10H2,1-4H3,(H,19,21). The van der Waals surface area contributed by atoms with Gasteiger partial charge in [-0.25, -0.2) is 0 Å². The number of nitrogens with zero attached hydrogens (tertiary/aromatic N) is 1. The Hall–Kier alpha value is -2.50. The minimum atomic E-state index is -0.367. The Bertz CT molecular complexity index is 659. The maximum absolute atomic E-state index is 12.5. The molecule has 6 heteroatoms. The third-order valence-corrected chi connectivity index (χ3v) is 4.04. The highest BCUT2D eigenvalue weighted by molar-refractivity contribution is 6.07. The van der Waals surface area contributed by atoms with Gasteiger partial charge in [0.1, 0.15) is 17.1 Å². The fourth-order valence-corrected chi connectivity index (χ4v) is 2.34. The molecule has 0 saturated heterocycles. The second-order valence-electron chi connectivity index (χ2n) is 5.73. The second-order valence-corrected chi connectivity index (χ2v) is 5.73. The number of benzene rings is 1. The molecule has 24 heavy (non-hydrogen) atoms. The number of carbonyl (C=O) groups is 1. The molecule has 130 valence electrons. The van der Waals surface area contributed by atoms with E-state index in [0.717, 1.165) is 25.0 Å². The quantitative estimate of drug-likeness (QED) is 0.793. The van der Waals surface area contributed by atoms with E-state index in [2.05, 4.69) is 24.3 Å². The second kappa shape index (κ2) is 8.38. The van der Waals surface area contributed by atoms with Gasteiger partial charge in [0.15, 0.2) is 0 Å². The first-order chi connectivity index (χ1) is 11.6. The van der Waals surface area contributed by atoms with E-state index in [4.69, 9.17) is 14.0 Å². The first-order valence-electron chi connectivity index (χ1n) is 8.07. The van der Waals surface area contributed by atoms with Gasteiger partial charge in [0.25, 0.3) is 5.91 Å². The SMILES string of the molecule is CCC(C)CCc1cc(NC(=O)c2c(OC)cccc2OC)on1. The minimum absolute atomic E-state index is 0.312. The van der Waals surface area contributed by atoms with Gasteiger partial charge in [0.05, 0.1) is 19.9 Å². The molecule has 1 amide bonds. The van der Waals surface area contributed by atoms with Crippen LogP contribution < -0.4 is 14.8 Å². The zero-order valence-electron chi connectivity index (χ0n) is 14.6. The van der Waals surface area contributed by atoms with Crippen molar-refractivity contribution in [1.29, 1.82) is 0 Å². The third kappa shape index (κ3) is 4.28. The van der Waals surface area contributed by atoms with Crippen LogP contribution in [0, 0.1) is 5.92 Å². The minimum Gasteiger partial charge on any atom is -0.496 e. The summed E-state index contributed by atoms with van der Waals surface area (Å²) >= 11 is 0. The number of hydrogen-bond donors (Lipinski definition) is 1. The number of aromatic nitrogens is 1. The van der Waals surface area contributed by atoms with Crippen LogP contribution in [-0.2, 0) is 6.42 Å². The molecular formula is C18H24N2O4. The lowest BCUT2D eigenvalue weighted by atomic mass is 10.0. The number of amides is 1. The third-order valence-electron chi connectivity index (χ3n) is 4.04. The Labute approximate surface area is 142 Å². The van der Waals surface area contributed by atoms with E-state index < -0.39 is 0 Å². The number of anilines is 1. The van der Waals surface area contributed by atoms with Crippen LogP contribution >= 0.6 is 0 Å². The summed E-state index contributed by atoms with van der Waals surface area (Å²) in [5.74, 6) is 1.45. The largest absolute Gasteiger partial charge is 0.496 e. The van der Waals surface area contributed by atoms with Crippen LogP contribution in [0.2, 0.25) is 0 Å². The van der Waals surface area contributed by atoms with Gasteiger partial charge in [-0.2, -0.15) is 0 Å². The van der Waals surface area contributed by atoms with Crippen LogP contribution in [0.5, 0.6) is 11.5 Å². The predicted octanol–water partition coefficient (Wildman–Crippen LogP) is 3.92. The molecule has 6 nitrogen and oxygen atoms in total. The van der Waals surface area contributed by atoms with Crippen LogP contribution in [0.25, 0.3) is 0 Å². The van der Waals surface area contributed by atoms with Gasteiger partial charge in [-0.1, -0.05) is 31.5 Å². The molecule has 1 aromatic heterocycles. The van der Waals surface area contributed by atoms with Crippen molar-refractivity contribution in [3.8, 4) is 11.5 Å². The lowest BCUT2D eigenvalue weighted by Crippen LogP contribution is -2.14. The summed E-state index contributed by atoms with van der Waals surface area (Å²) in [7, 11) is 3.01. The molecule has 0 spiro atoms. The summed E-state index contributed by atoms with van der Waals surface area (Å²) in [5, 5.41) is 6.70. The van der Waals surface area contributed by atoms with Crippen molar-refractivity contribution in [2.75, 3.05) is 19.5 Å². The molecule has 1 N–H and O–H groups in total. The maximum Gasteiger partial charge on any atom is 0.265 e. The van der Waals surface area contributed by atoms with Crippen LogP contribution in [0.1, 0.15) is 42.7 Å². The molecule has 0 bridgehead atoms. The highest BCUT2D eigenvalue weighted by atomic mass is 16.5. The van der Waals surface area contributed by atoms with E-state index in [0.29, 0.717) is 28.9 Å². The molecule has 1 unspecified atom stereocenters. The van der Waals surface area contributed by atoms with Crippen molar-refractivity contribution < 1.29 is 18.8 Å². The topological polar surface area (TPSA) is 73.6 Å². The molecule has 2 aromatic rings. The van der Waals surface area contributed by atoms with Crippen LogP contribution in [0.15, 0.2) is 28.8 Å². The Kier molecular flexibility index (Phi) is 6.23. The van der Waals surface area contributed by atoms with Crippen LogP contribution in [0.4, 0.5) is 5.88 Å². The van der Waals surface area contributed by atoms with Crippen molar-refractivity contribution in [3.63, 3.8) is 0 Å². The van der Waals surface area contributed by atoms with E-state index in [1.807, 2.05) is 0 Å². The zero-order valence-corrected chi connectivity index (χ0v) is 14.6. The van der Waals surface area contributed by atoms with E-state index in [-0.39, 0.29) is 5.91 Å². The Morgan fingerprint density at radius 1 is 1.29 bits per heavy atom. The predicted molar refractivity (Wildman–Crippen MR) is 91.8 cm³/mol. The van der Waals surface area contributed by atoms with Gasteiger partial charge in [-0.3, -0.25) is 10.1 Å². The van der Waals surface area contributed by atoms with Gasteiger partial charge >= 0.3 is 0 Å². The van der Waals surface area contributed by atoms with Crippen molar-refractivity contribution in [2.24, 2.45) is 5.92 Å². The van der Waals surface area contributed by atoms with Crippen molar-refractivity contribution in [1.82, 2.24) is 5.16 Å². The molecular weight excluding hydrogens is 308 g/mol. The molecule has 2 rings (SSSR count). The van der Waals surface area contributed by atoms with Crippen LogP contribution in [0.3, 0.4) is 0 Å². The van der Waals surface area contributed by atoms with Crippen molar-refractivity contribution in [3.05, 3.63) is 35.5 Å². The fourth-order valence-electron chi connectivity index (χ4n) is 2.34. The fraction of sp³-hybridized carbons (Fsp3) is 0.444. The summed E-state index contributed by atoms with van der Waals surface area (Å²) < 4.78 is 15.7. The number of hydrogen-bond acceptors (Lipinski definition) is 5. The number of rotatable bonds is 8. The molecule has 0 fully saturated rings. The summed E-state index contributed by atoms with van der Waals surface area (Å²) in [4.78, 5) is 12.5. The Morgan fingerprint density at radius 3 is 2.54 bits per heavy atom. The zero-order chi connectivity index (χ0) is 17.5. The van der Waals surface area contributed by atoms with Crippen molar-refractivity contribution >= 4 is 11.8 Å². The average molecular weight is 332 g/mol.